The lowest BCUT2D eigenvalue weighted by molar-refractivity contribution is 0.100. The van der Waals surface area contributed by atoms with Gasteiger partial charge in [0.05, 0.1) is 11.8 Å². The van der Waals surface area contributed by atoms with E-state index in [0.29, 0.717) is 35.9 Å². The molecule has 1 aliphatic carbocycles. The van der Waals surface area contributed by atoms with Crippen LogP contribution in [0, 0.1) is 11.7 Å². The van der Waals surface area contributed by atoms with E-state index in [-0.39, 0.29) is 36.2 Å². The number of sulfonamides is 1. The van der Waals surface area contributed by atoms with Crippen LogP contribution in [0.4, 0.5) is 4.39 Å². The third kappa shape index (κ3) is 5.20. The maximum absolute atomic E-state index is 13.5. The molecule has 1 atom stereocenters. The van der Waals surface area contributed by atoms with Gasteiger partial charge in [0.2, 0.25) is 10.0 Å². The van der Waals surface area contributed by atoms with Gasteiger partial charge in [-0.05, 0) is 84.9 Å². The molecular weight excluding hydrogens is 486 g/mol. The van der Waals surface area contributed by atoms with Crippen molar-refractivity contribution in [2.24, 2.45) is 11.7 Å². The molecule has 190 valence electrons. The summed E-state index contributed by atoms with van der Waals surface area (Å²) in [5.41, 5.74) is 8.67. The number of rotatable bonds is 8. The highest BCUT2D eigenvalue weighted by atomic mass is 32.2. The first-order valence-corrected chi connectivity index (χ1v) is 13.8. The van der Waals surface area contributed by atoms with Crippen LogP contribution in [0.25, 0.3) is 22.3 Å². The highest BCUT2D eigenvalue weighted by molar-refractivity contribution is 7.88. The summed E-state index contributed by atoms with van der Waals surface area (Å²) < 4.78 is 51.6. The molecule has 1 aliphatic heterocycles. The molecule has 1 saturated carbocycles. The minimum Gasteiger partial charge on any atom is -0.455 e. The standard InChI is InChI=1S/C25H28BFN2O6S/c1-36(32,33)29(13-15-8-9-34-26(31)12-15)14-18-10-22-21(11-20(18)16-2-3-16)23(25(28)30)24(35-22)17-4-6-19(27)7-5-17/h4-7,10-11,15-16,31H,2-3,8-9,12-14H2,1H3,(H2,28,30). The normalized spacial score (nSPS) is 18.8. The molecular formula is C25H28BFN2O6S. The van der Waals surface area contributed by atoms with Gasteiger partial charge >= 0.3 is 7.12 Å². The number of furan rings is 1. The Kier molecular flexibility index (Phi) is 6.67. The number of fused-ring (bicyclic) bond motifs is 1. The van der Waals surface area contributed by atoms with Crippen LogP contribution in [0.1, 0.15) is 46.7 Å². The zero-order chi connectivity index (χ0) is 25.6. The number of carbonyl (C=O) groups excluding carboxylic acids is 1. The Morgan fingerprint density at radius 1 is 1.22 bits per heavy atom. The van der Waals surface area contributed by atoms with Crippen molar-refractivity contribution in [2.45, 2.75) is 38.0 Å². The zero-order valence-corrected chi connectivity index (χ0v) is 20.8. The van der Waals surface area contributed by atoms with Crippen LogP contribution in [0.5, 0.6) is 0 Å². The predicted molar refractivity (Wildman–Crippen MR) is 134 cm³/mol. The second-order valence-corrected chi connectivity index (χ2v) is 11.8. The van der Waals surface area contributed by atoms with E-state index in [1.807, 2.05) is 6.07 Å². The smallest absolute Gasteiger partial charge is 0.454 e. The quantitative estimate of drug-likeness (QED) is 0.444. The molecule has 0 bridgehead atoms. The molecule has 1 aromatic heterocycles. The van der Waals surface area contributed by atoms with E-state index in [4.69, 9.17) is 14.8 Å². The molecule has 1 saturated heterocycles. The number of halogens is 1. The molecule has 5 rings (SSSR count). The van der Waals surface area contributed by atoms with E-state index in [2.05, 4.69) is 0 Å². The number of hydrogen-bond acceptors (Lipinski definition) is 6. The van der Waals surface area contributed by atoms with E-state index in [0.717, 1.165) is 24.0 Å². The van der Waals surface area contributed by atoms with Gasteiger partial charge in [-0.1, -0.05) is 0 Å². The zero-order valence-electron chi connectivity index (χ0n) is 19.9. The van der Waals surface area contributed by atoms with E-state index in [9.17, 15) is 22.6 Å². The molecule has 1 unspecified atom stereocenters. The number of amides is 1. The Morgan fingerprint density at radius 2 is 1.94 bits per heavy atom. The van der Waals surface area contributed by atoms with Crippen LogP contribution >= 0.6 is 0 Å². The van der Waals surface area contributed by atoms with E-state index in [1.165, 1.54) is 34.8 Å². The third-order valence-corrected chi connectivity index (χ3v) is 8.18. The predicted octanol–water partition coefficient (Wildman–Crippen LogP) is 3.49. The first kappa shape index (κ1) is 24.9. The lowest BCUT2D eigenvalue weighted by Crippen LogP contribution is -2.39. The van der Waals surface area contributed by atoms with E-state index in [1.54, 1.807) is 6.07 Å². The molecule has 3 N–H and O–H groups in total. The first-order chi connectivity index (χ1) is 17.1. The Hall–Kier alpha value is -2.73. The maximum Gasteiger partial charge on any atom is 0.454 e. The van der Waals surface area contributed by atoms with Crippen LogP contribution in [0.15, 0.2) is 40.8 Å². The molecule has 36 heavy (non-hydrogen) atoms. The molecule has 8 nitrogen and oxygen atoms in total. The first-order valence-electron chi connectivity index (χ1n) is 12.0. The van der Waals surface area contributed by atoms with Crippen molar-refractivity contribution in [3.05, 3.63) is 58.9 Å². The van der Waals surface area contributed by atoms with Gasteiger partial charge in [0, 0.05) is 30.6 Å². The molecule has 2 heterocycles. The van der Waals surface area contributed by atoms with Crippen molar-refractivity contribution < 1.29 is 31.7 Å². The molecule has 2 aromatic carbocycles. The summed E-state index contributed by atoms with van der Waals surface area (Å²) in [6, 6.07) is 9.29. The Labute approximate surface area is 209 Å². The van der Waals surface area contributed by atoms with Crippen molar-refractivity contribution in [2.75, 3.05) is 19.4 Å². The molecule has 2 aliphatic rings. The van der Waals surface area contributed by atoms with Gasteiger partial charge in [0.25, 0.3) is 5.91 Å². The maximum atomic E-state index is 13.5. The van der Waals surface area contributed by atoms with Crippen LogP contribution < -0.4 is 5.73 Å². The molecule has 0 radical (unpaired) electrons. The van der Waals surface area contributed by atoms with Gasteiger partial charge in [0.15, 0.2) is 0 Å². The average molecular weight is 514 g/mol. The van der Waals surface area contributed by atoms with E-state index < -0.39 is 28.9 Å². The van der Waals surface area contributed by atoms with Crippen molar-refractivity contribution in [3.8, 4) is 11.3 Å². The van der Waals surface area contributed by atoms with Crippen LogP contribution in [-0.2, 0) is 21.2 Å². The van der Waals surface area contributed by atoms with E-state index >= 15 is 0 Å². The van der Waals surface area contributed by atoms with Crippen LogP contribution in [0.2, 0.25) is 6.32 Å². The van der Waals surface area contributed by atoms with Gasteiger partial charge < -0.3 is 19.8 Å². The Balaban J connectivity index is 1.56. The van der Waals surface area contributed by atoms with Gasteiger partial charge in [-0.15, -0.1) is 0 Å². The molecule has 0 spiro atoms. The second-order valence-electron chi connectivity index (χ2n) is 9.77. The third-order valence-electron chi connectivity index (χ3n) is 6.97. The lowest BCUT2D eigenvalue weighted by Gasteiger charge is -2.29. The summed E-state index contributed by atoms with van der Waals surface area (Å²) in [7, 11) is -4.43. The topological polar surface area (TPSA) is 123 Å². The van der Waals surface area contributed by atoms with Crippen LogP contribution in [0.3, 0.4) is 0 Å². The fraction of sp³-hybridized carbons (Fsp3) is 0.400. The van der Waals surface area contributed by atoms with Crippen molar-refractivity contribution in [1.82, 2.24) is 4.31 Å². The summed E-state index contributed by atoms with van der Waals surface area (Å²) in [6.07, 6.45) is 4.17. The highest BCUT2D eigenvalue weighted by Gasteiger charge is 2.33. The molecule has 2 fully saturated rings. The number of nitrogens with two attached hydrogens (primary N) is 1. The van der Waals surface area contributed by atoms with Gasteiger partial charge in [0.1, 0.15) is 17.2 Å². The molecule has 3 aromatic rings. The van der Waals surface area contributed by atoms with Gasteiger partial charge in [-0.3, -0.25) is 4.79 Å². The minimum atomic E-state index is -3.55. The summed E-state index contributed by atoms with van der Waals surface area (Å²) in [5, 5.41) is 10.4. The largest absolute Gasteiger partial charge is 0.455 e. The number of hydrogen-bond donors (Lipinski definition) is 2. The molecule has 11 heteroatoms. The highest BCUT2D eigenvalue weighted by Crippen LogP contribution is 2.45. The number of primary amides is 1. The second kappa shape index (κ2) is 9.62. The monoisotopic (exact) mass is 514 g/mol. The Bertz CT molecular complexity index is 1400. The number of carbonyl (C=O) groups is 1. The summed E-state index contributed by atoms with van der Waals surface area (Å²) in [5.74, 6) is -0.565. The van der Waals surface area contributed by atoms with Crippen molar-refractivity contribution in [3.63, 3.8) is 0 Å². The SMILES string of the molecule is CS(=O)(=O)N(Cc1cc2oc(-c3ccc(F)cc3)c(C(N)=O)c2cc1C1CC1)CC1CCOB(O)C1. The number of nitrogens with zero attached hydrogens (tertiary/aromatic N) is 1. The Morgan fingerprint density at radius 3 is 2.56 bits per heavy atom. The fourth-order valence-corrected chi connectivity index (χ4v) is 5.82. The molecule has 1 amide bonds. The van der Waals surface area contributed by atoms with Gasteiger partial charge in [-0.25, -0.2) is 12.8 Å². The van der Waals surface area contributed by atoms with Crippen LogP contribution in [-0.4, -0.2) is 50.2 Å². The number of benzene rings is 2. The fourth-order valence-electron chi connectivity index (χ4n) is 4.97. The summed E-state index contributed by atoms with van der Waals surface area (Å²) in [6.45, 7) is 0.802. The minimum absolute atomic E-state index is 0.0215. The van der Waals surface area contributed by atoms with Gasteiger partial charge in [-0.2, -0.15) is 4.31 Å². The summed E-state index contributed by atoms with van der Waals surface area (Å²) in [4.78, 5) is 12.4. The summed E-state index contributed by atoms with van der Waals surface area (Å²) >= 11 is 0. The van der Waals surface area contributed by atoms with Crippen molar-refractivity contribution in [1.29, 1.82) is 0 Å². The average Bonchev–Trinajstić information content (AvgIpc) is 3.58. The lowest BCUT2D eigenvalue weighted by atomic mass is 9.74. The van der Waals surface area contributed by atoms with Crippen molar-refractivity contribution >= 4 is 34.0 Å².